The topological polar surface area (TPSA) is 142 Å². The second-order valence-electron chi connectivity index (χ2n) is 12.6. The summed E-state index contributed by atoms with van der Waals surface area (Å²) < 4.78 is 11.0. The lowest BCUT2D eigenvalue weighted by Gasteiger charge is -2.56. The largest absolute Gasteiger partial charge is 0.444 e. The molecule has 1 atom stereocenters. The average Bonchev–Trinajstić information content (AvgIpc) is 3.41. The minimum atomic E-state index is -1.51. The molecule has 1 saturated heterocycles. The molecular formula is C31H41N5O6. The van der Waals surface area contributed by atoms with Crippen molar-refractivity contribution >= 4 is 12.0 Å². The molecule has 226 valence electrons. The first-order valence-corrected chi connectivity index (χ1v) is 14.1. The zero-order valence-electron chi connectivity index (χ0n) is 25.4. The number of pyridine rings is 1. The molecule has 0 saturated carbocycles. The minimum Gasteiger partial charge on any atom is -0.444 e. The Labute approximate surface area is 246 Å². The number of aromatic nitrogens is 3. The molecular weight excluding hydrogens is 538 g/mol. The summed E-state index contributed by atoms with van der Waals surface area (Å²) in [6, 6.07) is 9.68. The highest BCUT2D eigenvalue weighted by molar-refractivity contribution is 5.76. The Morgan fingerprint density at radius 3 is 2.40 bits per heavy atom. The molecule has 0 bridgehead atoms. The van der Waals surface area contributed by atoms with Crippen LogP contribution in [0.2, 0.25) is 0 Å². The Hall–Kier alpha value is -3.83. The Morgan fingerprint density at radius 1 is 1.14 bits per heavy atom. The van der Waals surface area contributed by atoms with Crippen LogP contribution in [-0.4, -0.2) is 86.0 Å². The molecule has 1 aliphatic rings. The fourth-order valence-electron chi connectivity index (χ4n) is 5.20. The van der Waals surface area contributed by atoms with Crippen LogP contribution < -0.4 is 0 Å². The third-order valence-corrected chi connectivity index (χ3v) is 7.70. The van der Waals surface area contributed by atoms with Crippen molar-refractivity contribution in [1.29, 1.82) is 0 Å². The van der Waals surface area contributed by atoms with Crippen LogP contribution in [0.15, 0.2) is 47.2 Å². The van der Waals surface area contributed by atoms with Crippen molar-refractivity contribution < 1.29 is 29.1 Å². The van der Waals surface area contributed by atoms with E-state index in [1.54, 1.807) is 30.4 Å². The Balaban J connectivity index is 1.66. The summed E-state index contributed by atoms with van der Waals surface area (Å²) in [5.74, 6) is 0.545. The lowest BCUT2D eigenvalue weighted by molar-refractivity contribution is -0.132. The van der Waals surface area contributed by atoms with Gasteiger partial charge < -0.3 is 29.3 Å². The zero-order valence-corrected chi connectivity index (χ0v) is 25.4. The van der Waals surface area contributed by atoms with Crippen LogP contribution >= 0.6 is 0 Å². The van der Waals surface area contributed by atoms with Gasteiger partial charge in [0.1, 0.15) is 17.8 Å². The molecule has 3 heterocycles. The molecule has 1 fully saturated rings. The highest BCUT2D eigenvalue weighted by Gasteiger charge is 2.58. The van der Waals surface area contributed by atoms with E-state index in [0.717, 1.165) is 5.56 Å². The van der Waals surface area contributed by atoms with Gasteiger partial charge in [-0.1, -0.05) is 50.2 Å². The first-order chi connectivity index (χ1) is 19.7. The molecule has 3 aromatic rings. The quantitative estimate of drug-likeness (QED) is 0.388. The van der Waals surface area contributed by atoms with E-state index in [9.17, 15) is 14.7 Å². The SMILES string of the molecule is CC(C)c1ccc([C@](O)(c2cncc(-c3noc(CCN(C)C(=O)CO)n3)c2)C2(C)CN(C(=O)OC(C)(C)C)C2)cc1. The third-order valence-electron chi connectivity index (χ3n) is 7.70. The summed E-state index contributed by atoms with van der Waals surface area (Å²) in [4.78, 5) is 36.3. The average molecular weight is 580 g/mol. The van der Waals surface area contributed by atoms with E-state index in [4.69, 9.17) is 14.4 Å². The third kappa shape index (κ3) is 6.32. The van der Waals surface area contributed by atoms with Crippen LogP contribution in [0.3, 0.4) is 0 Å². The highest BCUT2D eigenvalue weighted by atomic mass is 16.6. The van der Waals surface area contributed by atoms with E-state index in [2.05, 4.69) is 29.0 Å². The predicted octanol–water partition coefficient (Wildman–Crippen LogP) is 3.74. The van der Waals surface area contributed by atoms with Gasteiger partial charge in [0.15, 0.2) is 0 Å². The summed E-state index contributed by atoms with van der Waals surface area (Å²) in [5, 5.41) is 25.8. The van der Waals surface area contributed by atoms with Gasteiger partial charge in [-0.05, 0) is 43.9 Å². The molecule has 1 aromatic carbocycles. The number of aliphatic hydroxyl groups is 2. The number of hydrogen-bond acceptors (Lipinski definition) is 9. The minimum absolute atomic E-state index is 0.279. The van der Waals surface area contributed by atoms with Crippen LogP contribution in [0.25, 0.3) is 11.4 Å². The van der Waals surface area contributed by atoms with Gasteiger partial charge in [-0.15, -0.1) is 0 Å². The van der Waals surface area contributed by atoms with Crippen LogP contribution in [0.4, 0.5) is 4.79 Å². The van der Waals surface area contributed by atoms with Crippen LogP contribution in [0.1, 0.15) is 70.0 Å². The Kier molecular flexibility index (Phi) is 8.75. The smallest absolute Gasteiger partial charge is 0.410 e. The molecule has 11 heteroatoms. The molecule has 2 aromatic heterocycles. The van der Waals surface area contributed by atoms with E-state index < -0.39 is 35.2 Å². The van der Waals surface area contributed by atoms with Gasteiger partial charge in [0.2, 0.25) is 17.6 Å². The maximum Gasteiger partial charge on any atom is 0.410 e. The Bertz CT molecular complexity index is 1410. The van der Waals surface area contributed by atoms with E-state index >= 15 is 0 Å². The van der Waals surface area contributed by atoms with Crippen LogP contribution in [0.5, 0.6) is 0 Å². The molecule has 0 aliphatic carbocycles. The molecule has 11 nitrogen and oxygen atoms in total. The van der Waals surface area contributed by atoms with Crippen LogP contribution in [0, 0.1) is 5.41 Å². The standard InChI is InChI=1S/C31H41N5O6/c1-20(2)21-8-10-23(11-9-21)31(40,30(6)18-36(19-30)28(39)41-29(3,4)5)24-14-22(15-32-16-24)27-33-25(42-34-27)12-13-35(7)26(38)17-37/h8-11,14-16,20,37,40H,12-13,17-19H2,1-7H3/t31-/m0/s1. The molecule has 4 rings (SSSR count). The van der Waals surface area contributed by atoms with Gasteiger partial charge in [-0.25, -0.2) is 4.79 Å². The number of rotatable bonds is 9. The van der Waals surface area contributed by atoms with Crippen molar-refractivity contribution in [3.63, 3.8) is 0 Å². The zero-order chi connectivity index (χ0) is 30.9. The monoisotopic (exact) mass is 579 g/mol. The number of likely N-dealkylation sites (tertiary alicyclic amines) is 1. The fourth-order valence-corrected chi connectivity index (χ4v) is 5.20. The number of aliphatic hydroxyl groups excluding tert-OH is 1. The summed E-state index contributed by atoms with van der Waals surface area (Å²) in [7, 11) is 1.59. The number of nitrogens with zero attached hydrogens (tertiary/aromatic N) is 5. The normalized spacial score (nSPS) is 16.1. The lowest BCUT2D eigenvalue weighted by Crippen LogP contribution is -2.66. The number of ether oxygens (including phenoxy) is 1. The number of carbonyl (C=O) groups excluding carboxylic acids is 2. The van der Waals surface area contributed by atoms with Gasteiger partial charge in [0.25, 0.3) is 0 Å². The van der Waals surface area contributed by atoms with Crippen molar-refractivity contribution in [2.24, 2.45) is 5.41 Å². The maximum absolute atomic E-state index is 12.8. The van der Waals surface area contributed by atoms with Gasteiger partial charge in [0, 0.05) is 62.0 Å². The maximum atomic E-state index is 12.8. The first-order valence-electron chi connectivity index (χ1n) is 14.1. The molecule has 0 unspecified atom stereocenters. The summed E-state index contributed by atoms with van der Waals surface area (Å²) in [6.45, 7) is 11.9. The highest BCUT2D eigenvalue weighted by Crippen LogP contribution is 2.51. The first kappa shape index (κ1) is 31.1. The van der Waals surface area contributed by atoms with Gasteiger partial charge in [0.05, 0.1) is 0 Å². The van der Waals surface area contributed by atoms with Crippen molar-refractivity contribution in [1.82, 2.24) is 24.9 Å². The predicted molar refractivity (Wildman–Crippen MR) is 155 cm³/mol. The summed E-state index contributed by atoms with van der Waals surface area (Å²) in [5.41, 5.74) is 0.0159. The van der Waals surface area contributed by atoms with Crippen molar-refractivity contribution in [2.45, 2.75) is 65.1 Å². The van der Waals surface area contributed by atoms with E-state index in [1.165, 1.54) is 4.90 Å². The molecule has 42 heavy (non-hydrogen) atoms. The van der Waals surface area contributed by atoms with Gasteiger partial charge in [-0.2, -0.15) is 4.98 Å². The number of amides is 2. The Morgan fingerprint density at radius 2 is 1.81 bits per heavy atom. The molecule has 2 N–H and O–H groups in total. The summed E-state index contributed by atoms with van der Waals surface area (Å²) in [6.07, 6.45) is 3.11. The van der Waals surface area contributed by atoms with Gasteiger partial charge in [-0.3, -0.25) is 9.78 Å². The van der Waals surface area contributed by atoms with Gasteiger partial charge >= 0.3 is 6.09 Å². The molecule has 0 radical (unpaired) electrons. The van der Waals surface area contributed by atoms with E-state index in [0.29, 0.717) is 47.3 Å². The number of benzene rings is 1. The van der Waals surface area contributed by atoms with Crippen molar-refractivity contribution in [3.8, 4) is 11.4 Å². The number of hydrogen-bond donors (Lipinski definition) is 2. The van der Waals surface area contributed by atoms with E-state index in [-0.39, 0.29) is 13.1 Å². The molecule has 2 amide bonds. The number of carbonyl (C=O) groups is 2. The lowest BCUT2D eigenvalue weighted by atomic mass is 9.62. The summed E-state index contributed by atoms with van der Waals surface area (Å²) >= 11 is 0. The van der Waals surface area contributed by atoms with E-state index in [1.807, 2.05) is 52.0 Å². The number of likely N-dealkylation sites (N-methyl/N-ethyl adjacent to an activating group) is 1. The van der Waals surface area contributed by atoms with Crippen molar-refractivity contribution in [3.05, 3.63) is 65.3 Å². The van der Waals surface area contributed by atoms with Crippen molar-refractivity contribution in [2.75, 3.05) is 33.3 Å². The second-order valence-corrected chi connectivity index (χ2v) is 12.6. The van der Waals surface area contributed by atoms with Crippen LogP contribution in [-0.2, 0) is 21.6 Å². The fraction of sp³-hybridized carbons (Fsp3) is 0.516. The second kappa shape index (κ2) is 11.8. The molecule has 0 spiro atoms. The molecule has 1 aliphatic heterocycles.